The van der Waals surface area contributed by atoms with E-state index in [-0.39, 0.29) is 0 Å². The van der Waals surface area contributed by atoms with Gasteiger partial charge in [-0.25, -0.2) is 9.59 Å². The number of carbonyl (C=O) groups is 6. The molecule has 0 fully saturated rings. The van der Waals surface area contributed by atoms with Crippen molar-refractivity contribution in [1.29, 1.82) is 0 Å². The highest BCUT2D eigenvalue weighted by molar-refractivity contribution is 6.00. The van der Waals surface area contributed by atoms with Crippen LogP contribution in [0.3, 0.4) is 0 Å². The molecule has 6 N–H and O–H groups in total. The molecule has 0 unspecified atom stereocenters. The van der Waals surface area contributed by atoms with Crippen LogP contribution in [-0.2, 0) is 28.8 Å². The Hall–Kier alpha value is -3.18. The van der Waals surface area contributed by atoms with Gasteiger partial charge >= 0.3 is 23.9 Å². The smallest absolute Gasteiger partial charge is 0.326 e. The van der Waals surface area contributed by atoms with Crippen molar-refractivity contribution in [2.45, 2.75) is 31.3 Å². The van der Waals surface area contributed by atoms with Crippen LogP contribution < -0.4 is 10.6 Å². The third kappa shape index (κ3) is 8.64. The van der Waals surface area contributed by atoms with Crippen molar-refractivity contribution < 1.29 is 49.2 Å². The van der Waals surface area contributed by atoms with Gasteiger partial charge in [0.1, 0.15) is 18.5 Å². The van der Waals surface area contributed by atoms with Gasteiger partial charge in [0.2, 0.25) is 11.8 Å². The predicted octanol–water partition coefficient (Wildman–Crippen LogP) is -2.54. The van der Waals surface area contributed by atoms with Crippen molar-refractivity contribution in [1.82, 2.24) is 10.6 Å². The second-order valence-electron chi connectivity index (χ2n) is 4.29. The van der Waals surface area contributed by atoms with Crippen LogP contribution in [0.5, 0.6) is 0 Å². The van der Waals surface area contributed by atoms with E-state index in [1.54, 1.807) is 10.6 Å². The number of nitrogens with one attached hydrogen (secondary N) is 2. The summed E-state index contributed by atoms with van der Waals surface area (Å²) in [6, 6.07) is -3.52. The lowest BCUT2D eigenvalue weighted by Gasteiger charge is -2.14. The Morgan fingerprint density at radius 2 is 0.957 bits per heavy atom. The fraction of sp³-hybridized carbons (Fsp3) is 0.455. The second kappa shape index (κ2) is 8.96. The third-order valence-electron chi connectivity index (χ3n) is 2.35. The van der Waals surface area contributed by atoms with Crippen molar-refractivity contribution in [3.05, 3.63) is 0 Å². The van der Waals surface area contributed by atoms with E-state index in [1.165, 1.54) is 0 Å². The van der Waals surface area contributed by atoms with Gasteiger partial charge in [-0.15, -0.1) is 0 Å². The van der Waals surface area contributed by atoms with Gasteiger partial charge in [-0.2, -0.15) is 0 Å². The number of aliphatic carboxylic acids is 4. The minimum absolute atomic E-state index is 0.917. The van der Waals surface area contributed by atoms with E-state index in [9.17, 15) is 28.8 Å². The zero-order valence-corrected chi connectivity index (χ0v) is 11.5. The molecule has 0 aromatic carbocycles. The Kier molecular flexibility index (Phi) is 7.72. The molecule has 0 aromatic rings. The molecule has 0 heterocycles. The summed E-state index contributed by atoms with van der Waals surface area (Å²) in [7, 11) is 0. The van der Waals surface area contributed by atoms with Gasteiger partial charge in [-0.1, -0.05) is 0 Å². The van der Waals surface area contributed by atoms with E-state index in [0.29, 0.717) is 0 Å². The van der Waals surface area contributed by atoms with Gasteiger partial charge in [-0.05, 0) is 0 Å². The molecule has 0 aliphatic heterocycles. The van der Waals surface area contributed by atoms with Gasteiger partial charge in [-0.3, -0.25) is 19.2 Å². The van der Waals surface area contributed by atoms with Crippen molar-refractivity contribution in [3.63, 3.8) is 0 Å². The van der Waals surface area contributed by atoms with Crippen LogP contribution >= 0.6 is 0 Å². The molecule has 0 aliphatic carbocycles. The highest BCUT2D eigenvalue weighted by Gasteiger charge is 2.26. The molecule has 12 heteroatoms. The second-order valence-corrected chi connectivity index (χ2v) is 4.29. The average molecular weight is 334 g/mol. The molecule has 23 heavy (non-hydrogen) atoms. The number of rotatable bonds is 10. The Balaban J connectivity index is 4.60. The third-order valence-corrected chi connectivity index (χ3v) is 2.35. The molecule has 0 saturated heterocycles. The summed E-state index contributed by atoms with van der Waals surface area (Å²) in [5.41, 5.74) is 0. The van der Waals surface area contributed by atoms with E-state index >= 15 is 0 Å². The van der Waals surface area contributed by atoms with Crippen molar-refractivity contribution in [2.75, 3.05) is 0 Å². The molecule has 12 nitrogen and oxygen atoms in total. The molecule has 2 amide bonds. The molecule has 0 aromatic heterocycles. The average Bonchev–Trinajstić information content (AvgIpc) is 2.35. The SMILES string of the molecule is O=C(O)C[C@H](NC(=O)CC(=O)N[C@@H](CC(=O)O)C(=O)O)C(=O)O. The summed E-state index contributed by atoms with van der Waals surface area (Å²) in [5, 5.41) is 37.9. The van der Waals surface area contributed by atoms with Crippen molar-refractivity contribution in [3.8, 4) is 0 Å². The Morgan fingerprint density at radius 3 is 1.17 bits per heavy atom. The topological polar surface area (TPSA) is 207 Å². The van der Waals surface area contributed by atoms with E-state index in [4.69, 9.17) is 20.4 Å². The monoisotopic (exact) mass is 334 g/mol. The molecule has 0 saturated carbocycles. The van der Waals surface area contributed by atoms with Crippen LogP contribution in [0.2, 0.25) is 0 Å². The molecule has 2 atom stereocenters. The zero-order valence-electron chi connectivity index (χ0n) is 11.5. The van der Waals surface area contributed by atoms with Crippen LogP contribution in [0, 0.1) is 0 Å². The van der Waals surface area contributed by atoms with Gasteiger partial charge in [0.15, 0.2) is 0 Å². The lowest BCUT2D eigenvalue weighted by molar-refractivity contribution is -0.148. The first kappa shape index (κ1) is 19.8. The number of carboxylic acids is 4. The fourth-order valence-corrected chi connectivity index (χ4v) is 1.39. The zero-order chi connectivity index (χ0) is 18.2. The van der Waals surface area contributed by atoms with Gasteiger partial charge in [0, 0.05) is 0 Å². The van der Waals surface area contributed by atoms with Crippen LogP contribution in [-0.4, -0.2) is 68.2 Å². The molecule has 0 spiro atoms. The Labute approximate surface area is 128 Å². The fourth-order valence-electron chi connectivity index (χ4n) is 1.39. The van der Waals surface area contributed by atoms with E-state index in [1.807, 2.05) is 0 Å². The summed E-state index contributed by atoms with van der Waals surface area (Å²) in [4.78, 5) is 65.2. The van der Waals surface area contributed by atoms with E-state index < -0.39 is 67.0 Å². The van der Waals surface area contributed by atoms with Gasteiger partial charge < -0.3 is 31.1 Å². The molecular weight excluding hydrogens is 320 g/mol. The van der Waals surface area contributed by atoms with E-state index in [2.05, 4.69) is 0 Å². The van der Waals surface area contributed by atoms with E-state index in [0.717, 1.165) is 0 Å². The quantitative estimate of drug-likeness (QED) is 0.231. The number of hydrogen-bond donors (Lipinski definition) is 6. The standard InChI is InChI=1S/C11H14N2O10/c14-6(12-4(10(20)21)1-8(16)17)3-7(15)13-5(11(22)23)2-9(18)19/h4-5H,1-3H2,(H,12,14)(H,13,15)(H,16,17)(H,18,19)(H,20,21)(H,22,23)/t4-,5-/m0/s1. The maximum Gasteiger partial charge on any atom is 0.326 e. The highest BCUT2D eigenvalue weighted by atomic mass is 16.4. The largest absolute Gasteiger partial charge is 0.481 e. The molecule has 0 radical (unpaired) electrons. The Bertz CT molecular complexity index is 483. The first-order chi connectivity index (χ1) is 10.5. The number of amides is 2. The minimum Gasteiger partial charge on any atom is -0.481 e. The number of carboxylic acid groups (broad SMARTS) is 4. The lowest BCUT2D eigenvalue weighted by Crippen LogP contribution is -2.46. The number of hydrogen-bond acceptors (Lipinski definition) is 6. The number of carbonyl (C=O) groups excluding carboxylic acids is 2. The predicted molar refractivity (Wildman–Crippen MR) is 68.3 cm³/mol. The van der Waals surface area contributed by atoms with Crippen LogP contribution in [0.25, 0.3) is 0 Å². The van der Waals surface area contributed by atoms with Crippen molar-refractivity contribution >= 4 is 35.7 Å². The van der Waals surface area contributed by atoms with Crippen LogP contribution in [0.1, 0.15) is 19.3 Å². The molecule has 128 valence electrons. The summed E-state index contributed by atoms with van der Waals surface area (Å²) < 4.78 is 0. The molecule has 0 aliphatic rings. The maximum absolute atomic E-state index is 11.4. The van der Waals surface area contributed by atoms with Crippen LogP contribution in [0.4, 0.5) is 0 Å². The lowest BCUT2D eigenvalue weighted by atomic mass is 10.2. The molecule has 0 rings (SSSR count). The normalized spacial score (nSPS) is 12.5. The summed E-state index contributed by atoms with van der Waals surface area (Å²) in [6.45, 7) is 0. The maximum atomic E-state index is 11.4. The summed E-state index contributed by atoms with van der Waals surface area (Å²) in [6.07, 6.45) is -2.83. The summed E-state index contributed by atoms with van der Waals surface area (Å²) >= 11 is 0. The van der Waals surface area contributed by atoms with Gasteiger partial charge in [0.25, 0.3) is 0 Å². The summed E-state index contributed by atoms with van der Waals surface area (Å²) in [5.74, 6) is -8.55. The van der Waals surface area contributed by atoms with Crippen molar-refractivity contribution in [2.24, 2.45) is 0 Å². The van der Waals surface area contributed by atoms with Gasteiger partial charge in [0.05, 0.1) is 12.8 Å². The first-order valence-corrected chi connectivity index (χ1v) is 6.00. The molecule has 0 bridgehead atoms. The first-order valence-electron chi connectivity index (χ1n) is 6.00. The molecular formula is C11H14N2O10. The van der Waals surface area contributed by atoms with Crippen LogP contribution in [0.15, 0.2) is 0 Å². The minimum atomic E-state index is -1.76. The Morgan fingerprint density at radius 1 is 0.652 bits per heavy atom. The highest BCUT2D eigenvalue weighted by Crippen LogP contribution is 1.97.